The molecule has 0 bridgehead atoms. The third-order valence-electron chi connectivity index (χ3n) is 0.760. The average Bonchev–Trinajstić information content (AvgIpc) is 1.63. The van der Waals surface area contributed by atoms with E-state index in [1.54, 1.807) is 29.5 Å². The van der Waals surface area contributed by atoms with Gasteiger partial charge in [-0.2, -0.15) is 0 Å². The Labute approximate surface area is 67.3 Å². The molecule has 0 saturated heterocycles. The summed E-state index contributed by atoms with van der Waals surface area (Å²) in [6.07, 6.45) is 0. The van der Waals surface area contributed by atoms with Crippen LogP contribution in [0.5, 0.6) is 0 Å². The Hall–Kier alpha value is -0.130. The van der Waals surface area contributed by atoms with Gasteiger partial charge in [0.25, 0.3) is 0 Å². The van der Waals surface area contributed by atoms with E-state index in [-0.39, 0.29) is 15.7 Å². The van der Waals surface area contributed by atoms with Crippen LogP contribution in [0.2, 0.25) is 0 Å². The van der Waals surface area contributed by atoms with E-state index >= 15 is 0 Å². The topological polar surface area (TPSA) is 46.2 Å². The molecule has 0 aliphatic heterocycles. The Morgan fingerprint density at radius 1 is 1.56 bits per heavy atom. The first kappa shape index (κ1) is 8.87. The van der Waals surface area contributed by atoms with E-state index in [9.17, 15) is 9.59 Å². The number of amides is 1. The van der Waals surface area contributed by atoms with Gasteiger partial charge in [0.05, 0.1) is 6.04 Å². The summed E-state index contributed by atoms with van der Waals surface area (Å²) in [4.78, 5) is 20.7. The summed E-state index contributed by atoms with van der Waals surface area (Å²) in [7, 11) is 0. The highest BCUT2D eigenvalue weighted by Gasteiger charge is 2.08. The van der Waals surface area contributed by atoms with Crippen LogP contribution in [-0.2, 0) is 9.59 Å². The number of carbonyl (C=O) groups excluding carboxylic acids is 2. The highest BCUT2D eigenvalue weighted by Crippen LogP contribution is 1.92. The van der Waals surface area contributed by atoms with Crippen LogP contribution in [0.4, 0.5) is 0 Å². The van der Waals surface area contributed by atoms with Crippen LogP contribution in [0.25, 0.3) is 0 Å². The van der Waals surface area contributed by atoms with E-state index < -0.39 is 0 Å². The predicted octanol–water partition coefficient (Wildman–Crippen LogP) is 0.473. The number of hydrogen-bond donors (Lipinski definition) is 1. The summed E-state index contributed by atoms with van der Waals surface area (Å²) in [5.41, 5.74) is 0. The third kappa shape index (κ3) is 4.38. The number of carbonyl (C=O) groups is 2. The lowest BCUT2D eigenvalue weighted by molar-refractivity contribution is -0.122. The van der Waals surface area contributed by atoms with Gasteiger partial charge in [-0.3, -0.25) is 9.59 Å². The van der Waals surface area contributed by atoms with Crippen molar-refractivity contribution >= 4 is 32.3 Å². The van der Waals surface area contributed by atoms with Gasteiger partial charge in [0.2, 0.25) is 9.70 Å². The van der Waals surface area contributed by atoms with Crippen molar-refractivity contribution in [2.75, 3.05) is 0 Å². The average molecular weight is 241 g/mol. The fourth-order valence-electron chi connectivity index (χ4n) is 0.362. The van der Waals surface area contributed by atoms with Crippen LogP contribution in [0.1, 0.15) is 13.8 Å². The minimum absolute atomic E-state index is 0.0530. The van der Waals surface area contributed by atoms with E-state index in [1.165, 1.54) is 6.92 Å². The van der Waals surface area contributed by atoms with E-state index in [4.69, 9.17) is 0 Å². The molecule has 0 saturated carbocycles. The SMILES string of the molecule is CC(=O)N[C@@H](C)C(=O)I. The number of halogens is 1. The molecule has 1 N–H and O–H groups in total. The summed E-state index contributed by atoms with van der Waals surface area (Å²) in [6, 6.07) is -0.358. The number of rotatable bonds is 2. The molecule has 0 aromatic carbocycles. The fraction of sp³-hybridized carbons (Fsp3) is 0.600. The first-order valence-corrected chi connectivity index (χ1v) is 3.58. The van der Waals surface area contributed by atoms with Crippen LogP contribution in [0.3, 0.4) is 0 Å². The van der Waals surface area contributed by atoms with Crippen LogP contribution in [0, 0.1) is 0 Å². The normalized spacial score (nSPS) is 12.3. The minimum Gasteiger partial charge on any atom is -0.346 e. The molecule has 52 valence electrons. The molecular formula is C5H8INO2. The minimum atomic E-state index is -0.358. The molecule has 0 aromatic heterocycles. The van der Waals surface area contributed by atoms with Crippen molar-refractivity contribution in [2.24, 2.45) is 0 Å². The highest BCUT2D eigenvalue weighted by atomic mass is 127. The summed E-state index contributed by atoms with van der Waals surface area (Å²) in [5.74, 6) is -0.174. The maximum atomic E-state index is 10.5. The second kappa shape index (κ2) is 3.81. The summed E-state index contributed by atoms with van der Waals surface area (Å²) in [5, 5.41) is 2.45. The van der Waals surface area contributed by atoms with Crippen molar-refractivity contribution in [1.29, 1.82) is 0 Å². The van der Waals surface area contributed by atoms with Gasteiger partial charge in [0, 0.05) is 29.5 Å². The monoisotopic (exact) mass is 241 g/mol. The lowest BCUT2D eigenvalue weighted by Gasteiger charge is -2.04. The maximum absolute atomic E-state index is 10.5. The van der Waals surface area contributed by atoms with E-state index in [1.807, 2.05) is 0 Å². The van der Waals surface area contributed by atoms with E-state index in [0.29, 0.717) is 0 Å². The van der Waals surface area contributed by atoms with Crippen molar-refractivity contribution in [3.8, 4) is 0 Å². The van der Waals surface area contributed by atoms with Gasteiger partial charge in [-0.25, -0.2) is 0 Å². The molecule has 0 spiro atoms. The van der Waals surface area contributed by atoms with E-state index in [0.717, 1.165) is 0 Å². The molecule has 3 nitrogen and oxygen atoms in total. The van der Waals surface area contributed by atoms with Gasteiger partial charge in [0.1, 0.15) is 0 Å². The Kier molecular flexibility index (Phi) is 3.76. The van der Waals surface area contributed by atoms with Gasteiger partial charge >= 0.3 is 0 Å². The number of nitrogens with one attached hydrogen (secondary N) is 1. The quantitative estimate of drug-likeness (QED) is 0.564. The zero-order chi connectivity index (χ0) is 7.44. The zero-order valence-corrected chi connectivity index (χ0v) is 7.43. The van der Waals surface area contributed by atoms with Crippen molar-refractivity contribution in [2.45, 2.75) is 19.9 Å². The van der Waals surface area contributed by atoms with Gasteiger partial charge < -0.3 is 5.32 Å². The number of hydrogen-bond acceptors (Lipinski definition) is 2. The van der Waals surface area contributed by atoms with Gasteiger partial charge in [-0.05, 0) is 6.92 Å². The second-order valence-electron chi connectivity index (χ2n) is 1.73. The fourth-order valence-corrected chi connectivity index (χ4v) is 0.517. The molecule has 4 heteroatoms. The Morgan fingerprint density at radius 2 is 2.00 bits per heavy atom. The molecular weight excluding hydrogens is 233 g/mol. The smallest absolute Gasteiger partial charge is 0.217 e. The molecule has 0 heterocycles. The molecule has 0 fully saturated rings. The molecule has 0 aliphatic rings. The van der Waals surface area contributed by atoms with Crippen molar-refractivity contribution in [3.63, 3.8) is 0 Å². The lowest BCUT2D eigenvalue weighted by Crippen LogP contribution is -2.34. The molecule has 0 aliphatic carbocycles. The summed E-state index contributed by atoms with van der Waals surface area (Å²) < 4.78 is -0.0530. The Balaban J connectivity index is 3.63. The first-order chi connectivity index (χ1) is 4.04. The second-order valence-corrected chi connectivity index (χ2v) is 2.79. The standard InChI is InChI=1S/C5H8INO2/c1-3(5(6)9)7-4(2)8/h3H,1-2H3,(H,7,8)/t3-/m0/s1. The molecule has 9 heavy (non-hydrogen) atoms. The van der Waals surface area contributed by atoms with Gasteiger partial charge in [-0.1, -0.05) is 0 Å². The first-order valence-electron chi connectivity index (χ1n) is 2.50. The maximum Gasteiger partial charge on any atom is 0.217 e. The molecule has 1 amide bonds. The van der Waals surface area contributed by atoms with Crippen LogP contribution < -0.4 is 5.32 Å². The zero-order valence-electron chi connectivity index (χ0n) is 5.27. The summed E-state index contributed by atoms with van der Waals surface area (Å²) in [6.45, 7) is 3.03. The highest BCUT2D eigenvalue weighted by molar-refractivity contribution is 14.1. The lowest BCUT2D eigenvalue weighted by atomic mass is 10.4. The molecule has 0 aromatic rings. The molecule has 0 rings (SSSR count). The Morgan fingerprint density at radius 3 is 2.11 bits per heavy atom. The van der Waals surface area contributed by atoms with E-state index in [2.05, 4.69) is 5.32 Å². The van der Waals surface area contributed by atoms with Crippen molar-refractivity contribution in [3.05, 3.63) is 0 Å². The van der Waals surface area contributed by atoms with Crippen LogP contribution >= 0.6 is 22.6 Å². The van der Waals surface area contributed by atoms with Gasteiger partial charge in [0.15, 0.2) is 0 Å². The van der Waals surface area contributed by atoms with Crippen molar-refractivity contribution < 1.29 is 9.59 Å². The van der Waals surface area contributed by atoms with Gasteiger partial charge in [-0.15, -0.1) is 0 Å². The third-order valence-corrected chi connectivity index (χ3v) is 1.69. The van der Waals surface area contributed by atoms with Crippen LogP contribution in [0.15, 0.2) is 0 Å². The largest absolute Gasteiger partial charge is 0.346 e. The molecule has 0 unspecified atom stereocenters. The molecule has 1 atom stereocenters. The summed E-state index contributed by atoms with van der Waals surface area (Å²) >= 11 is 1.65. The van der Waals surface area contributed by atoms with Crippen LogP contribution in [-0.4, -0.2) is 15.7 Å². The Bertz CT molecular complexity index is 135. The predicted molar refractivity (Wildman–Crippen MR) is 42.3 cm³/mol. The van der Waals surface area contributed by atoms with Crippen molar-refractivity contribution in [1.82, 2.24) is 5.32 Å². The molecule has 0 radical (unpaired) electrons.